The van der Waals surface area contributed by atoms with Gasteiger partial charge in [-0.05, 0) is 49.9 Å². The number of carbonyl (C=O) groups is 3. The quantitative estimate of drug-likeness (QED) is 0.660. The van der Waals surface area contributed by atoms with Crippen LogP contribution in [0.4, 0.5) is 5.69 Å². The summed E-state index contributed by atoms with van der Waals surface area (Å²) in [7, 11) is 0. The maximum absolute atomic E-state index is 12.0. The monoisotopic (exact) mass is 360 g/mol. The van der Waals surface area contributed by atoms with E-state index in [4.69, 9.17) is 5.11 Å². The number of benzene rings is 1. The summed E-state index contributed by atoms with van der Waals surface area (Å²) in [5.74, 6) is -0.777. The molecule has 0 spiro atoms. The minimum absolute atomic E-state index is 0.0162. The summed E-state index contributed by atoms with van der Waals surface area (Å²) in [5.41, 5.74) is 0.990. The molecule has 0 aromatic heterocycles. The van der Waals surface area contributed by atoms with Gasteiger partial charge in [0.05, 0.1) is 0 Å². The number of hydrogen-bond acceptors (Lipinski definition) is 3. The molecule has 6 nitrogen and oxygen atoms in total. The highest BCUT2D eigenvalue weighted by atomic mass is 16.4. The second kappa shape index (κ2) is 9.94. The average molecular weight is 360 g/mol. The molecule has 0 aliphatic heterocycles. The van der Waals surface area contributed by atoms with Gasteiger partial charge in [0.15, 0.2) is 0 Å². The maximum atomic E-state index is 12.0. The summed E-state index contributed by atoms with van der Waals surface area (Å²) < 4.78 is 0. The molecule has 1 atom stereocenters. The Kier molecular flexibility index (Phi) is 7.63. The predicted octanol–water partition coefficient (Wildman–Crippen LogP) is 3.58. The third kappa shape index (κ3) is 6.50. The Labute approximate surface area is 154 Å². The number of nitrogens with one attached hydrogen (secondary N) is 2. The van der Waals surface area contributed by atoms with E-state index in [1.165, 1.54) is 39.0 Å². The number of carboxylic acids is 1. The zero-order valence-corrected chi connectivity index (χ0v) is 15.3. The van der Waals surface area contributed by atoms with Crippen molar-refractivity contribution in [2.45, 2.75) is 64.3 Å². The topological polar surface area (TPSA) is 95.5 Å². The molecule has 1 unspecified atom stereocenters. The minimum atomic E-state index is -1.09. The third-order valence-electron chi connectivity index (χ3n) is 4.89. The van der Waals surface area contributed by atoms with E-state index in [2.05, 4.69) is 10.6 Å². The first-order valence-corrected chi connectivity index (χ1v) is 9.39. The number of amides is 2. The number of hydrogen-bond donors (Lipinski definition) is 3. The molecule has 2 rings (SSSR count). The summed E-state index contributed by atoms with van der Waals surface area (Å²) in [4.78, 5) is 34.7. The minimum Gasteiger partial charge on any atom is -0.480 e. The lowest BCUT2D eigenvalue weighted by molar-refractivity contribution is -0.138. The van der Waals surface area contributed by atoms with Crippen LogP contribution in [0.3, 0.4) is 0 Å². The van der Waals surface area contributed by atoms with Crippen LogP contribution >= 0.6 is 0 Å². The molecule has 26 heavy (non-hydrogen) atoms. The highest BCUT2D eigenvalue weighted by Gasteiger charge is 2.16. The lowest BCUT2D eigenvalue weighted by atomic mass is 9.86. The molecule has 142 valence electrons. The van der Waals surface area contributed by atoms with Gasteiger partial charge in [0.1, 0.15) is 6.04 Å². The van der Waals surface area contributed by atoms with E-state index in [0.717, 1.165) is 18.8 Å². The molecule has 1 aromatic carbocycles. The van der Waals surface area contributed by atoms with Crippen LogP contribution < -0.4 is 10.6 Å². The smallest absolute Gasteiger partial charge is 0.325 e. The van der Waals surface area contributed by atoms with Crippen molar-refractivity contribution in [1.82, 2.24) is 5.32 Å². The Balaban J connectivity index is 1.74. The van der Waals surface area contributed by atoms with Crippen molar-refractivity contribution in [2.75, 3.05) is 5.32 Å². The molecule has 0 bridgehead atoms. The van der Waals surface area contributed by atoms with Crippen molar-refractivity contribution < 1.29 is 19.5 Å². The molecule has 0 radical (unpaired) electrons. The van der Waals surface area contributed by atoms with Crippen molar-refractivity contribution in [3.8, 4) is 0 Å². The number of aliphatic carboxylic acids is 1. The van der Waals surface area contributed by atoms with E-state index >= 15 is 0 Å². The van der Waals surface area contributed by atoms with Gasteiger partial charge in [0, 0.05) is 17.7 Å². The van der Waals surface area contributed by atoms with Crippen LogP contribution in [0.5, 0.6) is 0 Å². The second-order valence-electron chi connectivity index (χ2n) is 7.06. The first kappa shape index (κ1) is 19.9. The third-order valence-corrected chi connectivity index (χ3v) is 4.89. The van der Waals surface area contributed by atoms with Crippen LogP contribution in [0.1, 0.15) is 68.6 Å². The lowest BCUT2D eigenvalue weighted by Gasteiger charge is -2.21. The fourth-order valence-electron chi connectivity index (χ4n) is 3.30. The fourth-order valence-corrected chi connectivity index (χ4v) is 3.30. The van der Waals surface area contributed by atoms with Crippen molar-refractivity contribution >= 4 is 23.5 Å². The van der Waals surface area contributed by atoms with Crippen LogP contribution in [0.2, 0.25) is 0 Å². The molecule has 3 N–H and O–H groups in total. The molecule has 6 heteroatoms. The van der Waals surface area contributed by atoms with Gasteiger partial charge in [-0.15, -0.1) is 0 Å². The van der Waals surface area contributed by atoms with Crippen molar-refractivity contribution in [3.05, 3.63) is 29.8 Å². The van der Waals surface area contributed by atoms with Gasteiger partial charge in [-0.3, -0.25) is 14.4 Å². The Morgan fingerprint density at radius 2 is 1.77 bits per heavy atom. The van der Waals surface area contributed by atoms with Crippen LogP contribution in [-0.4, -0.2) is 28.9 Å². The summed E-state index contributed by atoms with van der Waals surface area (Å²) in [6.45, 7) is 1.40. The van der Waals surface area contributed by atoms with Crippen molar-refractivity contribution in [3.63, 3.8) is 0 Å². The zero-order chi connectivity index (χ0) is 18.9. The van der Waals surface area contributed by atoms with E-state index in [-0.39, 0.29) is 5.91 Å². The second-order valence-corrected chi connectivity index (χ2v) is 7.06. The number of anilines is 1. The highest BCUT2D eigenvalue weighted by molar-refractivity contribution is 5.97. The van der Waals surface area contributed by atoms with Gasteiger partial charge in [0.2, 0.25) is 5.91 Å². The van der Waals surface area contributed by atoms with Gasteiger partial charge in [0.25, 0.3) is 5.91 Å². The molecule has 1 aromatic rings. The Morgan fingerprint density at radius 3 is 2.38 bits per heavy atom. The normalized spacial score (nSPS) is 15.9. The van der Waals surface area contributed by atoms with Crippen LogP contribution in [0, 0.1) is 5.92 Å². The van der Waals surface area contributed by atoms with Gasteiger partial charge >= 0.3 is 5.97 Å². The molecule has 1 saturated carbocycles. The lowest BCUT2D eigenvalue weighted by Crippen LogP contribution is -2.38. The number of rotatable bonds is 8. The fraction of sp³-hybridized carbons (Fsp3) is 0.550. The van der Waals surface area contributed by atoms with E-state index < -0.39 is 17.9 Å². The van der Waals surface area contributed by atoms with E-state index in [1.54, 1.807) is 24.3 Å². The molecular weight excluding hydrogens is 332 g/mol. The summed E-state index contributed by atoms with van der Waals surface area (Å²) in [6, 6.07) is 5.49. The van der Waals surface area contributed by atoms with Crippen molar-refractivity contribution in [1.29, 1.82) is 0 Å². The summed E-state index contributed by atoms with van der Waals surface area (Å²) in [5, 5.41) is 14.0. The predicted molar refractivity (Wildman–Crippen MR) is 100 cm³/mol. The molecule has 1 fully saturated rings. The van der Waals surface area contributed by atoms with Crippen LogP contribution in [-0.2, 0) is 9.59 Å². The first-order valence-electron chi connectivity index (χ1n) is 9.39. The average Bonchev–Trinajstić information content (AvgIpc) is 2.63. The number of carbonyl (C=O) groups excluding carboxylic acids is 2. The molecule has 0 heterocycles. The Hall–Kier alpha value is -2.37. The maximum Gasteiger partial charge on any atom is 0.325 e. The first-order chi connectivity index (χ1) is 12.5. The van der Waals surface area contributed by atoms with Gasteiger partial charge in [-0.25, -0.2) is 0 Å². The molecular formula is C20H28N2O4. The van der Waals surface area contributed by atoms with E-state index in [9.17, 15) is 14.4 Å². The van der Waals surface area contributed by atoms with Crippen molar-refractivity contribution in [2.24, 2.45) is 5.92 Å². The molecule has 1 aliphatic rings. The Morgan fingerprint density at radius 1 is 1.12 bits per heavy atom. The summed E-state index contributed by atoms with van der Waals surface area (Å²) in [6.07, 6.45) is 9.12. The van der Waals surface area contributed by atoms with Gasteiger partial charge in [-0.1, -0.05) is 32.1 Å². The molecule has 2 amide bonds. The van der Waals surface area contributed by atoms with Gasteiger partial charge < -0.3 is 15.7 Å². The summed E-state index contributed by atoms with van der Waals surface area (Å²) >= 11 is 0. The van der Waals surface area contributed by atoms with E-state index in [1.807, 2.05) is 0 Å². The van der Waals surface area contributed by atoms with Crippen LogP contribution in [0.15, 0.2) is 24.3 Å². The largest absolute Gasteiger partial charge is 0.480 e. The zero-order valence-electron chi connectivity index (χ0n) is 15.3. The standard InChI is InChI=1S/C20H28N2O4/c1-14(20(25)26)21-19(24)16-10-12-17(13-11-16)22-18(23)9-5-8-15-6-3-2-4-7-15/h10-15H,2-9H2,1H3,(H,21,24)(H,22,23)(H,25,26). The SMILES string of the molecule is CC(NC(=O)c1ccc(NC(=O)CCCC2CCCCC2)cc1)C(=O)O. The Bertz CT molecular complexity index is 621. The molecule has 0 saturated heterocycles. The molecule has 1 aliphatic carbocycles. The van der Waals surface area contributed by atoms with Gasteiger partial charge in [-0.2, -0.15) is 0 Å². The van der Waals surface area contributed by atoms with Crippen LogP contribution in [0.25, 0.3) is 0 Å². The van der Waals surface area contributed by atoms with E-state index in [0.29, 0.717) is 17.7 Å². The highest BCUT2D eigenvalue weighted by Crippen LogP contribution is 2.27. The number of carboxylic acid groups (broad SMARTS) is 1.